The molecule has 0 radical (unpaired) electrons. The second-order valence-corrected chi connectivity index (χ2v) is 5.25. The van der Waals surface area contributed by atoms with Gasteiger partial charge in [-0.2, -0.15) is 0 Å². The van der Waals surface area contributed by atoms with Gasteiger partial charge in [0.1, 0.15) is 0 Å². The van der Waals surface area contributed by atoms with Crippen molar-refractivity contribution < 1.29 is 4.79 Å². The van der Waals surface area contributed by atoms with Gasteiger partial charge in [-0.3, -0.25) is 9.78 Å². The SMILES string of the molecule is CC(=O)N(Cl)c1c2c(nc3ccccc13)CCCC2. The van der Waals surface area contributed by atoms with Crippen molar-refractivity contribution >= 4 is 34.3 Å². The molecule has 0 aliphatic heterocycles. The number of hydrogen-bond acceptors (Lipinski definition) is 2. The Morgan fingerprint density at radius 3 is 2.79 bits per heavy atom. The van der Waals surface area contributed by atoms with Crippen molar-refractivity contribution in [1.29, 1.82) is 0 Å². The van der Waals surface area contributed by atoms with E-state index in [0.29, 0.717) is 0 Å². The van der Waals surface area contributed by atoms with Crippen LogP contribution in [0.15, 0.2) is 24.3 Å². The van der Waals surface area contributed by atoms with E-state index in [1.165, 1.54) is 11.3 Å². The van der Waals surface area contributed by atoms with Gasteiger partial charge in [-0.05, 0) is 37.3 Å². The topological polar surface area (TPSA) is 33.2 Å². The summed E-state index contributed by atoms with van der Waals surface area (Å²) in [5, 5.41) is 0.952. The normalized spacial score (nSPS) is 14.2. The van der Waals surface area contributed by atoms with E-state index >= 15 is 0 Å². The maximum Gasteiger partial charge on any atom is 0.238 e. The molecular formula is C15H15ClN2O. The molecule has 1 amide bonds. The highest BCUT2D eigenvalue weighted by Crippen LogP contribution is 2.36. The molecule has 2 aromatic rings. The Balaban J connectivity index is 2.34. The van der Waals surface area contributed by atoms with E-state index in [2.05, 4.69) is 0 Å². The van der Waals surface area contributed by atoms with Gasteiger partial charge in [0.2, 0.25) is 5.91 Å². The molecule has 1 aromatic heterocycles. The molecule has 3 nitrogen and oxygen atoms in total. The van der Waals surface area contributed by atoms with Crippen LogP contribution in [-0.4, -0.2) is 10.9 Å². The lowest BCUT2D eigenvalue weighted by atomic mass is 9.92. The Kier molecular flexibility index (Phi) is 3.15. The second-order valence-electron chi connectivity index (χ2n) is 4.91. The summed E-state index contributed by atoms with van der Waals surface area (Å²) in [5.41, 5.74) is 3.96. The summed E-state index contributed by atoms with van der Waals surface area (Å²) in [6.45, 7) is 1.48. The monoisotopic (exact) mass is 274 g/mol. The van der Waals surface area contributed by atoms with E-state index < -0.39 is 0 Å². The minimum absolute atomic E-state index is 0.161. The first-order valence-electron chi connectivity index (χ1n) is 6.55. The fourth-order valence-electron chi connectivity index (χ4n) is 2.73. The number of nitrogens with zero attached hydrogens (tertiary/aromatic N) is 2. The van der Waals surface area contributed by atoms with Gasteiger partial charge < -0.3 is 0 Å². The number of aryl methyl sites for hydroxylation is 1. The van der Waals surface area contributed by atoms with Gasteiger partial charge in [0.15, 0.2) is 0 Å². The van der Waals surface area contributed by atoms with Gasteiger partial charge in [-0.15, -0.1) is 0 Å². The molecule has 4 heteroatoms. The van der Waals surface area contributed by atoms with Crippen LogP contribution in [-0.2, 0) is 17.6 Å². The Hall–Kier alpha value is -1.61. The maximum atomic E-state index is 11.6. The van der Waals surface area contributed by atoms with Crippen molar-refractivity contribution in [3.8, 4) is 0 Å². The summed E-state index contributed by atoms with van der Waals surface area (Å²) in [6, 6.07) is 7.86. The zero-order chi connectivity index (χ0) is 13.4. The lowest BCUT2D eigenvalue weighted by Crippen LogP contribution is -2.21. The number of halogens is 1. The predicted octanol–water partition coefficient (Wildman–Crippen LogP) is 3.62. The number of hydrogen-bond donors (Lipinski definition) is 0. The molecule has 1 aliphatic rings. The van der Waals surface area contributed by atoms with Crippen LogP contribution < -0.4 is 4.42 Å². The van der Waals surface area contributed by atoms with Crippen molar-refractivity contribution in [3.05, 3.63) is 35.5 Å². The lowest BCUT2D eigenvalue weighted by Gasteiger charge is -2.24. The van der Waals surface area contributed by atoms with Gasteiger partial charge in [-0.25, -0.2) is 4.42 Å². The molecule has 0 saturated carbocycles. The fourth-order valence-corrected chi connectivity index (χ4v) is 2.92. The summed E-state index contributed by atoms with van der Waals surface area (Å²) in [7, 11) is 0. The predicted molar refractivity (Wildman–Crippen MR) is 77.4 cm³/mol. The Labute approximate surface area is 117 Å². The van der Waals surface area contributed by atoms with Crippen LogP contribution in [0.2, 0.25) is 0 Å². The van der Waals surface area contributed by atoms with E-state index in [0.717, 1.165) is 53.5 Å². The molecule has 0 bridgehead atoms. The Morgan fingerprint density at radius 2 is 2.00 bits per heavy atom. The number of para-hydroxylation sites is 1. The van der Waals surface area contributed by atoms with Crippen LogP contribution in [0.5, 0.6) is 0 Å². The number of rotatable bonds is 1. The third kappa shape index (κ3) is 2.08. The molecule has 3 rings (SSSR count). The van der Waals surface area contributed by atoms with Crippen LogP contribution in [0.25, 0.3) is 10.9 Å². The molecule has 19 heavy (non-hydrogen) atoms. The van der Waals surface area contributed by atoms with Gasteiger partial charge in [0.05, 0.1) is 11.2 Å². The lowest BCUT2D eigenvalue weighted by molar-refractivity contribution is -0.115. The zero-order valence-corrected chi connectivity index (χ0v) is 11.6. The number of aromatic nitrogens is 1. The average Bonchev–Trinajstić information content (AvgIpc) is 2.43. The molecule has 0 atom stereocenters. The first-order chi connectivity index (χ1) is 9.18. The number of carbonyl (C=O) groups excluding carboxylic acids is 1. The van der Waals surface area contributed by atoms with Crippen molar-refractivity contribution in [2.75, 3.05) is 4.42 Å². The smallest absolute Gasteiger partial charge is 0.238 e. The standard InChI is InChI=1S/C15H15ClN2O/c1-10(19)18(16)15-11-6-2-4-8-13(11)17-14-9-5-3-7-12(14)15/h2,4,6,8H,3,5,7,9H2,1H3. The quantitative estimate of drug-likeness (QED) is 0.744. The van der Waals surface area contributed by atoms with E-state index in [9.17, 15) is 4.79 Å². The van der Waals surface area contributed by atoms with Gasteiger partial charge in [0.25, 0.3) is 0 Å². The minimum atomic E-state index is -0.161. The third-order valence-corrected chi connectivity index (χ3v) is 4.02. The molecule has 1 aromatic carbocycles. The molecule has 0 N–H and O–H groups in total. The first kappa shape index (κ1) is 12.4. The highest BCUT2D eigenvalue weighted by atomic mass is 35.5. The van der Waals surface area contributed by atoms with Crippen molar-refractivity contribution in [1.82, 2.24) is 4.98 Å². The van der Waals surface area contributed by atoms with Crippen molar-refractivity contribution in [2.24, 2.45) is 0 Å². The maximum absolute atomic E-state index is 11.6. The highest BCUT2D eigenvalue weighted by molar-refractivity contribution is 6.38. The van der Waals surface area contributed by atoms with Crippen molar-refractivity contribution in [3.63, 3.8) is 0 Å². The van der Waals surface area contributed by atoms with Gasteiger partial charge in [0, 0.05) is 29.8 Å². The third-order valence-electron chi connectivity index (χ3n) is 3.61. The van der Waals surface area contributed by atoms with Crippen LogP contribution in [0.1, 0.15) is 31.0 Å². The minimum Gasteiger partial charge on any atom is -0.274 e. The van der Waals surface area contributed by atoms with Crippen LogP contribution in [0.4, 0.5) is 5.69 Å². The van der Waals surface area contributed by atoms with E-state index in [1.807, 2.05) is 24.3 Å². The molecule has 0 unspecified atom stereocenters. The van der Waals surface area contributed by atoms with E-state index in [-0.39, 0.29) is 5.91 Å². The molecule has 0 spiro atoms. The summed E-state index contributed by atoms with van der Waals surface area (Å²) >= 11 is 6.21. The molecule has 1 aliphatic carbocycles. The van der Waals surface area contributed by atoms with Crippen LogP contribution >= 0.6 is 11.8 Å². The molecular weight excluding hydrogens is 260 g/mol. The number of anilines is 1. The van der Waals surface area contributed by atoms with Gasteiger partial charge in [-0.1, -0.05) is 18.2 Å². The van der Waals surface area contributed by atoms with Crippen molar-refractivity contribution in [2.45, 2.75) is 32.6 Å². The van der Waals surface area contributed by atoms with E-state index in [1.54, 1.807) is 0 Å². The largest absolute Gasteiger partial charge is 0.274 e. The second kappa shape index (κ2) is 4.82. The Morgan fingerprint density at radius 1 is 1.26 bits per heavy atom. The summed E-state index contributed by atoms with van der Waals surface area (Å²) in [6.07, 6.45) is 4.19. The van der Waals surface area contributed by atoms with Crippen LogP contribution in [0.3, 0.4) is 0 Å². The summed E-state index contributed by atoms with van der Waals surface area (Å²) < 4.78 is 1.24. The molecule has 1 heterocycles. The molecule has 0 saturated heterocycles. The number of amides is 1. The number of fused-ring (bicyclic) bond motifs is 2. The van der Waals surface area contributed by atoms with E-state index in [4.69, 9.17) is 16.8 Å². The highest BCUT2D eigenvalue weighted by Gasteiger charge is 2.23. The van der Waals surface area contributed by atoms with Crippen LogP contribution in [0, 0.1) is 0 Å². The molecule has 0 fully saturated rings. The zero-order valence-electron chi connectivity index (χ0n) is 10.8. The molecule has 98 valence electrons. The van der Waals surface area contributed by atoms with Gasteiger partial charge >= 0.3 is 0 Å². The summed E-state index contributed by atoms with van der Waals surface area (Å²) in [5.74, 6) is -0.161. The summed E-state index contributed by atoms with van der Waals surface area (Å²) in [4.78, 5) is 16.4. The average molecular weight is 275 g/mol. The first-order valence-corrected chi connectivity index (χ1v) is 6.89. The number of benzene rings is 1. The number of pyridine rings is 1. The Bertz CT molecular complexity index is 654. The fraction of sp³-hybridized carbons (Fsp3) is 0.333. The number of carbonyl (C=O) groups is 1.